The molecule has 2 heterocycles. The van der Waals surface area contributed by atoms with Gasteiger partial charge in [0.2, 0.25) is 0 Å². The maximum Gasteiger partial charge on any atom is 0.150 e. The van der Waals surface area contributed by atoms with Crippen LogP contribution in [0.25, 0.3) is 0 Å². The first-order valence-corrected chi connectivity index (χ1v) is 5.62. The lowest BCUT2D eigenvalue weighted by molar-refractivity contribution is 0.230. The summed E-state index contributed by atoms with van der Waals surface area (Å²) in [6.07, 6.45) is 1.21. The molecule has 0 bridgehead atoms. The third-order valence-corrected chi connectivity index (χ3v) is 2.73. The summed E-state index contributed by atoms with van der Waals surface area (Å²) in [6, 6.07) is 2.58. The zero-order chi connectivity index (χ0) is 10.7. The molecule has 1 atom stereocenters. The quantitative estimate of drug-likeness (QED) is 0.793. The van der Waals surface area contributed by atoms with Crippen LogP contribution in [0.15, 0.2) is 10.6 Å². The number of rotatable bonds is 2. The average molecular weight is 209 g/mol. The van der Waals surface area contributed by atoms with Crippen molar-refractivity contribution in [1.82, 2.24) is 15.4 Å². The van der Waals surface area contributed by atoms with E-state index < -0.39 is 0 Å². The number of aromatic nitrogens is 1. The Balaban J connectivity index is 1.92. The van der Waals surface area contributed by atoms with Crippen molar-refractivity contribution in [2.45, 2.75) is 32.9 Å². The molecule has 1 aromatic heterocycles. The van der Waals surface area contributed by atoms with Crippen molar-refractivity contribution in [3.8, 4) is 0 Å². The van der Waals surface area contributed by atoms with E-state index in [1.54, 1.807) is 0 Å². The average Bonchev–Trinajstić information content (AvgIpc) is 2.46. The highest BCUT2D eigenvalue weighted by molar-refractivity contribution is 5.02. The van der Waals surface area contributed by atoms with Gasteiger partial charge < -0.3 is 9.84 Å². The Kier molecular flexibility index (Phi) is 3.38. The lowest BCUT2D eigenvalue weighted by Crippen LogP contribution is -2.34. The summed E-state index contributed by atoms with van der Waals surface area (Å²) in [5, 5.41) is 7.38. The van der Waals surface area contributed by atoms with Crippen LogP contribution in [0.2, 0.25) is 0 Å². The van der Waals surface area contributed by atoms with Crippen molar-refractivity contribution in [2.75, 3.05) is 19.6 Å². The van der Waals surface area contributed by atoms with Gasteiger partial charge >= 0.3 is 0 Å². The maximum absolute atomic E-state index is 5.23. The van der Waals surface area contributed by atoms with Gasteiger partial charge in [0.05, 0.1) is 12.2 Å². The van der Waals surface area contributed by atoms with E-state index in [9.17, 15) is 0 Å². The van der Waals surface area contributed by atoms with Crippen molar-refractivity contribution < 1.29 is 4.52 Å². The topological polar surface area (TPSA) is 41.3 Å². The highest BCUT2D eigenvalue weighted by Gasteiger charge is 2.15. The summed E-state index contributed by atoms with van der Waals surface area (Å²) in [7, 11) is 0. The normalized spacial score (nSPS) is 24.0. The third kappa shape index (κ3) is 3.04. The van der Waals surface area contributed by atoms with Gasteiger partial charge in [-0.3, -0.25) is 4.90 Å². The molecule has 1 fully saturated rings. The molecule has 4 nitrogen and oxygen atoms in total. The second-order valence-electron chi connectivity index (χ2n) is 4.38. The minimum atomic E-state index is 0.566. The molecule has 1 N–H and O–H groups in total. The van der Waals surface area contributed by atoms with Crippen LogP contribution >= 0.6 is 0 Å². The Morgan fingerprint density at radius 3 is 3.27 bits per heavy atom. The maximum atomic E-state index is 5.23. The van der Waals surface area contributed by atoms with Crippen molar-refractivity contribution >= 4 is 0 Å². The van der Waals surface area contributed by atoms with E-state index in [0.29, 0.717) is 6.04 Å². The van der Waals surface area contributed by atoms with Gasteiger partial charge in [-0.15, -0.1) is 0 Å². The zero-order valence-electron chi connectivity index (χ0n) is 9.49. The smallest absolute Gasteiger partial charge is 0.150 e. The molecule has 84 valence electrons. The van der Waals surface area contributed by atoms with E-state index in [0.717, 1.165) is 37.6 Å². The summed E-state index contributed by atoms with van der Waals surface area (Å²) < 4.78 is 5.23. The SMILES string of the molecule is Cc1cc(CN2CCCNC(C)C2)on1. The number of aryl methyl sites for hydroxylation is 1. The van der Waals surface area contributed by atoms with Gasteiger partial charge in [0, 0.05) is 18.7 Å². The fourth-order valence-electron chi connectivity index (χ4n) is 2.05. The largest absolute Gasteiger partial charge is 0.360 e. The Bertz CT molecular complexity index is 311. The number of hydrogen-bond acceptors (Lipinski definition) is 4. The first-order valence-electron chi connectivity index (χ1n) is 5.62. The molecule has 1 unspecified atom stereocenters. The molecule has 0 radical (unpaired) electrons. The Hall–Kier alpha value is -0.870. The molecule has 0 amide bonds. The van der Waals surface area contributed by atoms with Gasteiger partial charge in [-0.05, 0) is 33.4 Å². The van der Waals surface area contributed by atoms with E-state index in [-0.39, 0.29) is 0 Å². The fraction of sp³-hybridized carbons (Fsp3) is 0.727. The lowest BCUT2D eigenvalue weighted by atomic mass is 10.3. The first-order chi connectivity index (χ1) is 7.24. The molecule has 1 saturated heterocycles. The Morgan fingerprint density at radius 1 is 1.67 bits per heavy atom. The highest BCUT2D eigenvalue weighted by Crippen LogP contribution is 2.09. The molecule has 0 aromatic carbocycles. The second-order valence-corrected chi connectivity index (χ2v) is 4.38. The molecule has 0 saturated carbocycles. The van der Waals surface area contributed by atoms with Crippen molar-refractivity contribution in [2.24, 2.45) is 0 Å². The number of hydrogen-bond donors (Lipinski definition) is 1. The highest BCUT2D eigenvalue weighted by atomic mass is 16.5. The lowest BCUT2D eigenvalue weighted by Gasteiger charge is -2.20. The molecule has 1 aromatic rings. The Morgan fingerprint density at radius 2 is 2.53 bits per heavy atom. The van der Waals surface area contributed by atoms with Crippen LogP contribution in [0.4, 0.5) is 0 Å². The van der Waals surface area contributed by atoms with Crippen LogP contribution in [-0.4, -0.2) is 35.7 Å². The summed E-state index contributed by atoms with van der Waals surface area (Å²) in [5.74, 6) is 0.974. The molecule has 1 aliphatic heterocycles. The first kappa shape index (κ1) is 10.6. The van der Waals surface area contributed by atoms with Gasteiger partial charge in [-0.2, -0.15) is 0 Å². The van der Waals surface area contributed by atoms with E-state index in [1.807, 2.05) is 13.0 Å². The van der Waals surface area contributed by atoms with Gasteiger partial charge in [-0.1, -0.05) is 5.16 Å². The summed E-state index contributed by atoms with van der Waals surface area (Å²) in [4.78, 5) is 2.42. The summed E-state index contributed by atoms with van der Waals surface area (Å²) in [6.45, 7) is 8.40. The fourth-order valence-corrected chi connectivity index (χ4v) is 2.05. The van der Waals surface area contributed by atoms with Crippen LogP contribution < -0.4 is 5.32 Å². The molecule has 0 aliphatic carbocycles. The molecule has 0 spiro atoms. The Labute approximate surface area is 90.6 Å². The molecule has 4 heteroatoms. The van der Waals surface area contributed by atoms with Crippen molar-refractivity contribution in [1.29, 1.82) is 0 Å². The third-order valence-electron chi connectivity index (χ3n) is 2.73. The predicted octanol–water partition coefficient (Wildman–Crippen LogP) is 1.17. The monoisotopic (exact) mass is 209 g/mol. The summed E-state index contributed by atoms with van der Waals surface area (Å²) in [5.41, 5.74) is 0.964. The number of nitrogens with zero attached hydrogens (tertiary/aromatic N) is 2. The van der Waals surface area contributed by atoms with Gasteiger partial charge in [0.25, 0.3) is 0 Å². The van der Waals surface area contributed by atoms with Crippen LogP contribution in [0.3, 0.4) is 0 Å². The summed E-state index contributed by atoms with van der Waals surface area (Å²) >= 11 is 0. The van der Waals surface area contributed by atoms with E-state index in [2.05, 4.69) is 22.3 Å². The van der Waals surface area contributed by atoms with Crippen LogP contribution in [0, 0.1) is 6.92 Å². The molecular formula is C11H19N3O. The van der Waals surface area contributed by atoms with Crippen LogP contribution in [0.5, 0.6) is 0 Å². The van der Waals surface area contributed by atoms with Gasteiger partial charge in [0.1, 0.15) is 0 Å². The standard InChI is InChI=1S/C11H19N3O/c1-9-6-11(15-13-9)8-14-5-3-4-12-10(2)7-14/h6,10,12H,3-5,7-8H2,1-2H3. The molecule has 15 heavy (non-hydrogen) atoms. The van der Waals surface area contributed by atoms with Crippen molar-refractivity contribution in [3.05, 3.63) is 17.5 Å². The minimum absolute atomic E-state index is 0.566. The molecule has 2 rings (SSSR count). The van der Waals surface area contributed by atoms with Crippen molar-refractivity contribution in [3.63, 3.8) is 0 Å². The van der Waals surface area contributed by atoms with Crippen LogP contribution in [0.1, 0.15) is 24.8 Å². The van der Waals surface area contributed by atoms with E-state index in [1.165, 1.54) is 6.42 Å². The predicted molar refractivity (Wildman–Crippen MR) is 58.6 cm³/mol. The minimum Gasteiger partial charge on any atom is -0.360 e. The van der Waals surface area contributed by atoms with Gasteiger partial charge in [0.15, 0.2) is 5.76 Å². The molecule has 1 aliphatic rings. The van der Waals surface area contributed by atoms with Gasteiger partial charge in [-0.25, -0.2) is 0 Å². The van der Waals surface area contributed by atoms with Crippen LogP contribution in [-0.2, 0) is 6.54 Å². The van der Waals surface area contributed by atoms with E-state index >= 15 is 0 Å². The second kappa shape index (κ2) is 4.77. The molecular weight excluding hydrogens is 190 g/mol. The zero-order valence-corrected chi connectivity index (χ0v) is 9.49. The number of nitrogens with one attached hydrogen (secondary N) is 1. The van der Waals surface area contributed by atoms with E-state index in [4.69, 9.17) is 4.52 Å².